The second-order valence-corrected chi connectivity index (χ2v) is 10.8. The van der Waals surface area contributed by atoms with Crippen molar-refractivity contribution in [3.8, 4) is 5.75 Å². The quantitative estimate of drug-likeness (QED) is 0.361. The molecule has 202 valence electrons. The molecule has 0 aromatic heterocycles. The summed E-state index contributed by atoms with van der Waals surface area (Å²) in [6.45, 7) is 3.53. The Morgan fingerprint density at radius 3 is 2.21 bits per heavy atom. The van der Waals surface area contributed by atoms with Crippen LogP contribution in [0, 0.1) is 0 Å². The fourth-order valence-corrected chi connectivity index (χ4v) is 5.63. The first-order valence-corrected chi connectivity index (χ1v) is 14.0. The van der Waals surface area contributed by atoms with E-state index in [2.05, 4.69) is 5.32 Å². The van der Waals surface area contributed by atoms with Crippen LogP contribution >= 0.6 is 11.6 Å². The summed E-state index contributed by atoms with van der Waals surface area (Å²) < 4.78 is 33.7. The van der Waals surface area contributed by atoms with Gasteiger partial charge in [-0.2, -0.15) is 0 Å². The van der Waals surface area contributed by atoms with E-state index < -0.39 is 28.5 Å². The molecule has 0 fully saturated rings. The van der Waals surface area contributed by atoms with Crippen LogP contribution in [-0.2, 0) is 26.0 Å². The van der Waals surface area contributed by atoms with Gasteiger partial charge in [0.2, 0.25) is 11.8 Å². The number of likely N-dealkylation sites (N-methyl/N-ethyl adjacent to an activating group) is 1. The highest BCUT2D eigenvalue weighted by Crippen LogP contribution is 2.32. The van der Waals surface area contributed by atoms with Gasteiger partial charge in [0.05, 0.1) is 22.7 Å². The van der Waals surface area contributed by atoms with E-state index in [4.69, 9.17) is 16.3 Å². The van der Waals surface area contributed by atoms with Crippen molar-refractivity contribution in [1.82, 2.24) is 10.2 Å². The number of halogens is 1. The number of anilines is 1. The number of carbonyl (C=O) groups is 2. The third-order valence-corrected chi connectivity index (χ3v) is 8.12. The minimum absolute atomic E-state index is 0.0207. The van der Waals surface area contributed by atoms with Gasteiger partial charge in [-0.1, -0.05) is 60.1 Å². The number of rotatable bonds is 12. The van der Waals surface area contributed by atoms with E-state index in [1.165, 1.54) is 36.3 Å². The van der Waals surface area contributed by atoms with E-state index >= 15 is 0 Å². The summed E-state index contributed by atoms with van der Waals surface area (Å²) in [5, 5.41) is 2.94. The lowest BCUT2D eigenvalue weighted by Crippen LogP contribution is -2.52. The van der Waals surface area contributed by atoms with Crippen LogP contribution in [0.4, 0.5) is 5.69 Å². The third-order valence-electron chi connectivity index (χ3n) is 6.04. The molecule has 0 saturated carbocycles. The van der Waals surface area contributed by atoms with Gasteiger partial charge in [0, 0.05) is 13.1 Å². The van der Waals surface area contributed by atoms with Gasteiger partial charge in [-0.05, 0) is 56.2 Å². The molecule has 0 aliphatic carbocycles. The monoisotopic (exact) mass is 557 g/mol. The Morgan fingerprint density at radius 2 is 1.63 bits per heavy atom. The zero-order chi connectivity index (χ0) is 27.7. The Labute approximate surface area is 229 Å². The third kappa shape index (κ3) is 7.05. The van der Waals surface area contributed by atoms with Crippen molar-refractivity contribution in [1.29, 1.82) is 0 Å². The summed E-state index contributed by atoms with van der Waals surface area (Å²) in [5.74, 6) is -0.474. The van der Waals surface area contributed by atoms with Gasteiger partial charge in [-0.15, -0.1) is 0 Å². The highest BCUT2D eigenvalue weighted by atomic mass is 35.5. The normalized spacial score (nSPS) is 11.9. The number of amides is 2. The van der Waals surface area contributed by atoms with Crippen molar-refractivity contribution in [2.75, 3.05) is 31.0 Å². The molecule has 8 nitrogen and oxygen atoms in total. The predicted octanol–water partition coefficient (Wildman–Crippen LogP) is 4.14. The second-order valence-electron chi connectivity index (χ2n) is 8.54. The highest BCUT2D eigenvalue weighted by molar-refractivity contribution is 7.92. The summed E-state index contributed by atoms with van der Waals surface area (Å²) in [4.78, 5) is 27.9. The van der Waals surface area contributed by atoms with Crippen molar-refractivity contribution in [3.63, 3.8) is 0 Å². The number of benzene rings is 3. The predicted molar refractivity (Wildman–Crippen MR) is 149 cm³/mol. The molecule has 10 heteroatoms. The van der Waals surface area contributed by atoms with Gasteiger partial charge in [0.25, 0.3) is 10.0 Å². The molecule has 0 aliphatic rings. The molecule has 38 heavy (non-hydrogen) atoms. The molecule has 1 atom stereocenters. The Hall–Kier alpha value is -3.56. The minimum Gasteiger partial charge on any atom is -0.495 e. The number of ether oxygens (including phenoxy) is 1. The maximum atomic E-state index is 13.8. The van der Waals surface area contributed by atoms with E-state index in [9.17, 15) is 18.0 Å². The topological polar surface area (TPSA) is 96.0 Å². The molecule has 3 aromatic carbocycles. The van der Waals surface area contributed by atoms with Crippen LogP contribution in [0.25, 0.3) is 0 Å². The SMILES string of the molecule is CCNC(=O)[C@H](C)N(CCc1ccccc1)C(=O)CN(c1ccc(OC)c(Cl)c1)S(=O)(=O)c1ccccc1. The largest absolute Gasteiger partial charge is 0.495 e. The average Bonchev–Trinajstić information content (AvgIpc) is 2.92. The van der Waals surface area contributed by atoms with Gasteiger partial charge >= 0.3 is 0 Å². The summed E-state index contributed by atoms with van der Waals surface area (Å²) in [6.07, 6.45) is 0.496. The molecule has 2 amide bonds. The molecule has 1 N–H and O–H groups in total. The van der Waals surface area contributed by atoms with Crippen LogP contribution in [0.5, 0.6) is 5.75 Å². The summed E-state index contributed by atoms with van der Waals surface area (Å²) in [7, 11) is -2.70. The van der Waals surface area contributed by atoms with E-state index in [1.807, 2.05) is 30.3 Å². The molecule has 3 rings (SSSR count). The van der Waals surface area contributed by atoms with Crippen LogP contribution in [0.2, 0.25) is 5.02 Å². The maximum absolute atomic E-state index is 13.8. The molecule has 0 unspecified atom stereocenters. The summed E-state index contributed by atoms with van der Waals surface area (Å²) in [5.41, 5.74) is 1.19. The maximum Gasteiger partial charge on any atom is 0.264 e. The Morgan fingerprint density at radius 1 is 1.00 bits per heavy atom. The van der Waals surface area contributed by atoms with Crippen molar-refractivity contribution < 1.29 is 22.7 Å². The Bertz CT molecular complexity index is 1340. The van der Waals surface area contributed by atoms with Crippen LogP contribution < -0.4 is 14.4 Å². The first kappa shape index (κ1) is 29.0. The van der Waals surface area contributed by atoms with Gasteiger partial charge < -0.3 is 15.0 Å². The van der Waals surface area contributed by atoms with Crippen molar-refractivity contribution in [3.05, 3.63) is 89.4 Å². The van der Waals surface area contributed by atoms with Crippen molar-refractivity contribution in [2.24, 2.45) is 0 Å². The zero-order valence-corrected chi connectivity index (χ0v) is 23.2. The van der Waals surface area contributed by atoms with Crippen molar-refractivity contribution in [2.45, 2.75) is 31.2 Å². The zero-order valence-electron chi connectivity index (χ0n) is 21.6. The number of hydrogen-bond donors (Lipinski definition) is 1. The van der Waals surface area contributed by atoms with E-state index in [0.717, 1.165) is 9.87 Å². The van der Waals surface area contributed by atoms with Crippen LogP contribution in [0.3, 0.4) is 0 Å². The lowest BCUT2D eigenvalue weighted by molar-refractivity contribution is -0.138. The Kier molecular flexibility index (Phi) is 10.2. The first-order chi connectivity index (χ1) is 18.2. The summed E-state index contributed by atoms with van der Waals surface area (Å²) >= 11 is 6.32. The Balaban J connectivity index is 1.99. The van der Waals surface area contributed by atoms with Crippen LogP contribution in [0.15, 0.2) is 83.8 Å². The summed E-state index contributed by atoms with van der Waals surface area (Å²) in [6, 6.07) is 21.1. The van der Waals surface area contributed by atoms with Gasteiger partial charge in [-0.25, -0.2) is 8.42 Å². The number of sulfonamides is 1. The number of nitrogens with one attached hydrogen (secondary N) is 1. The molecular weight excluding hydrogens is 526 g/mol. The smallest absolute Gasteiger partial charge is 0.264 e. The second kappa shape index (κ2) is 13.3. The number of carbonyl (C=O) groups excluding carboxylic acids is 2. The lowest BCUT2D eigenvalue weighted by Gasteiger charge is -2.32. The lowest BCUT2D eigenvalue weighted by atomic mass is 10.1. The number of hydrogen-bond acceptors (Lipinski definition) is 5. The molecule has 0 bridgehead atoms. The average molecular weight is 558 g/mol. The van der Waals surface area contributed by atoms with Gasteiger partial charge in [0.1, 0.15) is 18.3 Å². The van der Waals surface area contributed by atoms with E-state index in [1.54, 1.807) is 38.1 Å². The molecule has 0 heterocycles. The fraction of sp³-hybridized carbons (Fsp3) is 0.286. The van der Waals surface area contributed by atoms with Gasteiger partial charge in [-0.3, -0.25) is 13.9 Å². The van der Waals surface area contributed by atoms with E-state index in [0.29, 0.717) is 18.7 Å². The number of nitrogens with zero attached hydrogens (tertiary/aromatic N) is 2. The first-order valence-electron chi connectivity index (χ1n) is 12.2. The highest BCUT2D eigenvalue weighted by Gasteiger charge is 2.32. The fourth-order valence-electron chi connectivity index (χ4n) is 3.95. The van der Waals surface area contributed by atoms with Crippen molar-refractivity contribution >= 4 is 39.1 Å². The minimum atomic E-state index is -4.16. The standard InChI is InChI=1S/C28H32ClN3O5S/c1-4-30-28(34)21(2)31(18-17-22-11-7-5-8-12-22)27(33)20-32(23-15-16-26(37-3)25(29)19-23)38(35,36)24-13-9-6-10-14-24/h5-16,19,21H,4,17-18,20H2,1-3H3,(H,30,34)/t21-/m0/s1. The van der Waals surface area contributed by atoms with Crippen LogP contribution in [-0.4, -0.2) is 57.9 Å². The molecule has 0 aliphatic heterocycles. The van der Waals surface area contributed by atoms with Gasteiger partial charge in [0.15, 0.2) is 0 Å². The molecule has 3 aromatic rings. The molecule has 0 saturated heterocycles. The molecule has 0 spiro atoms. The molecule has 0 radical (unpaired) electrons. The number of methoxy groups -OCH3 is 1. The van der Waals surface area contributed by atoms with Crippen LogP contribution in [0.1, 0.15) is 19.4 Å². The molecular formula is C28H32ClN3O5S. The van der Waals surface area contributed by atoms with E-state index in [-0.39, 0.29) is 28.1 Å².